The van der Waals surface area contributed by atoms with Gasteiger partial charge in [-0.1, -0.05) is 5.92 Å². The van der Waals surface area contributed by atoms with Crippen LogP contribution in [-0.2, 0) is 14.3 Å². The molecule has 0 saturated heterocycles. The fourth-order valence-corrected chi connectivity index (χ4v) is 2.99. The summed E-state index contributed by atoms with van der Waals surface area (Å²) in [6.07, 6.45) is -4.14. The molecule has 11 N–H and O–H groups in total. The van der Waals surface area contributed by atoms with Gasteiger partial charge < -0.3 is 66.5 Å². The first kappa shape index (κ1) is 36.4. The van der Waals surface area contributed by atoms with Crippen LogP contribution in [0.2, 0.25) is 0 Å². The van der Waals surface area contributed by atoms with Crippen molar-refractivity contribution in [3.8, 4) is 12.3 Å². The number of amides is 4. The van der Waals surface area contributed by atoms with E-state index in [4.69, 9.17) is 21.0 Å². The highest BCUT2D eigenvalue weighted by atomic mass is 16.6. The van der Waals surface area contributed by atoms with Crippen molar-refractivity contribution >= 4 is 18.0 Å². The molecule has 0 fully saturated rings. The quantitative estimate of drug-likeness (QED) is 0.0415. The van der Waals surface area contributed by atoms with Crippen LogP contribution >= 0.6 is 0 Å². The lowest BCUT2D eigenvalue weighted by molar-refractivity contribution is -0.118. The Labute approximate surface area is 231 Å². The van der Waals surface area contributed by atoms with Crippen LogP contribution in [0.5, 0.6) is 0 Å². The Balaban J connectivity index is 6.06. The Morgan fingerprint density at radius 1 is 1.00 bits per heavy atom. The molecular formula is C24H40N4O12. The fourth-order valence-electron chi connectivity index (χ4n) is 2.99. The van der Waals surface area contributed by atoms with Gasteiger partial charge in [-0.05, 0) is 20.8 Å². The number of carbonyl (C=O) groups excluding carboxylic acids is 3. The van der Waals surface area contributed by atoms with Gasteiger partial charge in [0.2, 0.25) is 5.91 Å². The molecule has 0 aliphatic carbocycles. The van der Waals surface area contributed by atoms with Crippen molar-refractivity contribution < 1.29 is 59.6 Å². The van der Waals surface area contributed by atoms with Gasteiger partial charge in [-0.25, -0.2) is 9.59 Å². The van der Waals surface area contributed by atoms with Crippen molar-refractivity contribution in [3.05, 3.63) is 22.8 Å². The van der Waals surface area contributed by atoms with Crippen LogP contribution in [0, 0.1) is 12.3 Å². The summed E-state index contributed by atoms with van der Waals surface area (Å²) in [5, 5.41) is 80.2. The third-order valence-electron chi connectivity index (χ3n) is 4.60. The van der Waals surface area contributed by atoms with E-state index in [0.29, 0.717) is 0 Å². The molecule has 4 atom stereocenters. The molecule has 0 spiro atoms. The molecule has 0 aromatic heterocycles. The molecule has 40 heavy (non-hydrogen) atoms. The van der Waals surface area contributed by atoms with Crippen LogP contribution in [0.4, 0.5) is 9.59 Å². The Kier molecular flexibility index (Phi) is 16.3. The normalized spacial score (nSPS) is 15.6. The van der Waals surface area contributed by atoms with Crippen molar-refractivity contribution in [3.63, 3.8) is 0 Å². The van der Waals surface area contributed by atoms with Crippen LogP contribution in [0.15, 0.2) is 22.8 Å². The van der Waals surface area contributed by atoms with E-state index in [0.717, 1.165) is 6.92 Å². The molecule has 0 saturated carbocycles. The SMILES string of the molecule is C#CCO/C(=C(/O)[C@@H](O)/C(=C(\NC(C)=O)[C@@H](O)NC(=O)NCCNC(=O)OC(C)(C)C)[C@H](O)CO)[C@@H](O)CCO. The molecule has 4 amide bonds. The van der Waals surface area contributed by atoms with Crippen molar-refractivity contribution in [2.45, 2.75) is 64.3 Å². The summed E-state index contributed by atoms with van der Waals surface area (Å²) >= 11 is 0. The Hall–Kier alpha value is -3.59. The van der Waals surface area contributed by atoms with E-state index >= 15 is 0 Å². The molecule has 0 unspecified atom stereocenters. The topological polar surface area (TPSA) is 259 Å². The number of alkyl carbamates (subject to hydrolysis) is 1. The largest absolute Gasteiger partial charge is 0.506 e. The molecule has 0 aromatic carbocycles. The van der Waals surface area contributed by atoms with Crippen LogP contribution < -0.4 is 21.3 Å². The van der Waals surface area contributed by atoms with Gasteiger partial charge in [-0.2, -0.15) is 0 Å². The van der Waals surface area contributed by atoms with Crippen molar-refractivity contribution in [1.29, 1.82) is 0 Å². The standard InChI is InChI=1S/C24H40N4O12/c1-6-11-39-20(14(32)7-10-29)19(35)18(34)16(15(33)12-30)17(27-13(2)31)21(36)28-22(37)25-8-9-26-23(38)40-24(3,4)5/h1,14-15,18,21,29-30,32-36H,7-12H2,2-5H3,(H,26,38)(H,27,31)(H2,25,28,37)/b17-16-,20-19+/t14-,15+,18-,21+/m0/s1. The Morgan fingerprint density at radius 3 is 2.10 bits per heavy atom. The van der Waals surface area contributed by atoms with Gasteiger partial charge in [-0.15, -0.1) is 6.42 Å². The summed E-state index contributed by atoms with van der Waals surface area (Å²) in [6, 6.07) is -1.02. The molecule has 0 aliphatic rings. The lowest BCUT2D eigenvalue weighted by Gasteiger charge is -2.27. The number of nitrogens with one attached hydrogen (secondary N) is 4. The van der Waals surface area contributed by atoms with E-state index in [2.05, 4.69) is 21.9 Å². The van der Waals surface area contributed by atoms with E-state index in [9.17, 15) is 45.0 Å². The highest BCUT2D eigenvalue weighted by Crippen LogP contribution is 2.24. The van der Waals surface area contributed by atoms with E-state index in [-0.39, 0.29) is 19.5 Å². The maximum absolute atomic E-state index is 12.3. The van der Waals surface area contributed by atoms with Crippen LogP contribution in [0.25, 0.3) is 0 Å². The van der Waals surface area contributed by atoms with Crippen LogP contribution in [0.3, 0.4) is 0 Å². The number of aliphatic hydroxyl groups is 7. The van der Waals surface area contributed by atoms with E-state index in [1.807, 2.05) is 5.32 Å². The predicted molar refractivity (Wildman–Crippen MR) is 139 cm³/mol. The molecule has 0 aliphatic heterocycles. The molecule has 0 aromatic rings. The Morgan fingerprint density at radius 2 is 1.60 bits per heavy atom. The minimum atomic E-state index is -2.33. The van der Waals surface area contributed by atoms with Gasteiger partial charge >= 0.3 is 12.1 Å². The van der Waals surface area contributed by atoms with Gasteiger partial charge in [0, 0.05) is 38.6 Å². The van der Waals surface area contributed by atoms with Gasteiger partial charge in [0.15, 0.2) is 17.7 Å². The highest BCUT2D eigenvalue weighted by molar-refractivity contribution is 5.77. The number of aliphatic hydroxyl groups excluding tert-OH is 7. The maximum atomic E-state index is 12.3. The van der Waals surface area contributed by atoms with Gasteiger partial charge in [0.05, 0.1) is 12.3 Å². The monoisotopic (exact) mass is 576 g/mol. The molecule has 0 rings (SSSR count). The van der Waals surface area contributed by atoms with Crippen LogP contribution in [-0.4, -0.2) is 117 Å². The summed E-state index contributed by atoms with van der Waals surface area (Å²) in [6.45, 7) is 3.66. The molecular weight excluding hydrogens is 536 g/mol. The van der Waals surface area contributed by atoms with Crippen molar-refractivity contribution in [2.24, 2.45) is 0 Å². The first-order valence-electron chi connectivity index (χ1n) is 12.1. The van der Waals surface area contributed by atoms with E-state index < -0.39 is 90.8 Å². The van der Waals surface area contributed by atoms with Crippen molar-refractivity contribution in [2.75, 3.05) is 32.9 Å². The minimum absolute atomic E-state index is 0.0602. The van der Waals surface area contributed by atoms with Crippen molar-refractivity contribution in [1.82, 2.24) is 21.3 Å². The first-order chi connectivity index (χ1) is 18.6. The number of terminal acetylenes is 1. The zero-order valence-electron chi connectivity index (χ0n) is 22.8. The third-order valence-corrected chi connectivity index (χ3v) is 4.60. The number of carbonyl (C=O) groups is 3. The molecule has 16 heteroatoms. The second kappa shape index (κ2) is 17.9. The lowest BCUT2D eigenvalue weighted by Crippen LogP contribution is -2.49. The molecule has 0 heterocycles. The van der Waals surface area contributed by atoms with Gasteiger partial charge in [0.1, 0.15) is 30.5 Å². The zero-order chi connectivity index (χ0) is 31.0. The van der Waals surface area contributed by atoms with Gasteiger partial charge in [-0.3, -0.25) is 4.79 Å². The predicted octanol–water partition coefficient (Wildman–Crippen LogP) is -2.60. The zero-order valence-corrected chi connectivity index (χ0v) is 22.8. The first-order valence-corrected chi connectivity index (χ1v) is 12.1. The molecule has 0 bridgehead atoms. The summed E-state index contributed by atoms with van der Waals surface area (Å²) in [4.78, 5) is 35.8. The maximum Gasteiger partial charge on any atom is 0.407 e. The number of urea groups is 1. The third kappa shape index (κ3) is 13.5. The highest BCUT2D eigenvalue weighted by Gasteiger charge is 2.33. The van der Waals surface area contributed by atoms with Crippen LogP contribution in [0.1, 0.15) is 34.1 Å². The van der Waals surface area contributed by atoms with E-state index in [1.54, 1.807) is 20.8 Å². The Bertz CT molecular complexity index is 954. The average molecular weight is 577 g/mol. The number of hydrogen-bond acceptors (Lipinski definition) is 12. The smallest absolute Gasteiger partial charge is 0.407 e. The average Bonchev–Trinajstić information content (AvgIpc) is 2.84. The van der Waals surface area contributed by atoms with E-state index in [1.165, 1.54) is 0 Å². The van der Waals surface area contributed by atoms with Gasteiger partial charge in [0.25, 0.3) is 0 Å². The summed E-state index contributed by atoms with van der Waals surface area (Å²) in [7, 11) is 0. The molecule has 16 nitrogen and oxygen atoms in total. The molecule has 0 radical (unpaired) electrons. The summed E-state index contributed by atoms with van der Waals surface area (Å²) in [5.41, 5.74) is -2.25. The number of hydrogen-bond donors (Lipinski definition) is 11. The summed E-state index contributed by atoms with van der Waals surface area (Å²) < 4.78 is 10.1. The lowest BCUT2D eigenvalue weighted by atomic mass is 9.97. The minimum Gasteiger partial charge on any atom is -0.506 e. The number of rotatable bonds is 15. The molecule has 228 valence electrons. The second-order valence-corrected chi connectivity index (χ2v) is 9.15. The summed E-state index contributed by atoms with van der Waals surface area (Å²) in [5.74, 6) is -0.601. The number of ether oxygens (including phenoxy) is 2. The fraction of sp³-hybridized carbons (Fsp3) is 0.625. The second-order valence-electron chi connectivity index (χ2n) is 9.15.